The minimum absolute atomic E-state index is 0.253. The molecule has 6 nitrogen and oxygen atoms in total. The van der Waals surface area contributed by atoms with E-state index in [0.717, 1.165) is 5.56 Å². The second-order valence-electron chi connectivity index (χ2n) is 3.98. The van der Waals surface area contributed by atoms with Crippen molar-refractivity contribution in [3.63, 3.8) is 0 Å². The van der Waals surface area contributed by atoms with Gasteiger partial charge in [-0.1, -0.05) is 16.4 Å². The van der Waals surface area contributed by atoms with E-state index >= 15 is 0 Å². The number of hydrogen-bond acceptors (Lipinski definition) is 6. The van der Waals surface area contributed by atoms with Crippen LogP contribution in [0.15, 0.2) is 22.8 Å². The summed E-state index contributed by atoms with van der Waals surface area (Å²) in [6.07, 6.45) is 0. The highest BCUT2D eigenvalue weighted by Gasteiger charge is 2.21. The van der Waals surface area contributed by atoms with Crippen molar-refractivity contribution in [2.45, 2.75) is 20.1 Å². The monoisotopic (exact) mass is 246 g/mol. The number of nitrogens with zero attached hydrogens (tertiary/aromatic N) is 2. The molecular weight excluding hydrogens is 236 g/mol. The first kappa shape index (κ1) is 10.8. The molecular formula is C12H10N2O4. The lowest BCUT2D eigenvalue weighted by atomic mass is 10.1. The largest absolute Gasteiger partial charge is 0.487 e. The van der Waals surface area contributed by atoms with E-state index in [4.69, 9.17) is 9.47 Å². The Morgan fingerprint density at radius 1 is 1.39 bits per heavy atom. The third kappa shape index (κ3) is 1.81. The molecule has 0 saturated carbocycles. The number of fused-ring (bicyclic) bond motifs is 1. The summed E-state index contributed by atoms with van der Waals surface area (Å²) in [5.74, 6) is 0.282. The molecule has 3 rings (SSSR count). The van der Waals surface area contributed by atoms with Crippen LogP contribution in [0.5, 0.6) is 5.75 Å². The fourth-order valence-corrected chi connectivity index (χ4v) is 1.71. The molecule has 1 aliphatic rings. The SMILES string of the molecule is Cc1nonc1COc1ccc2c(c1)C(=O)OC2. The lowest BCUT2D eigenvalue weighted by Crippen LogP contribution is -1.99. The lowest BCUT2D eigenvalue weighted by Gasteiger charge is -2.04. The van der Waals surface area contributed by atoms with Crippen LogP contribution < -0.4 is 4.74 Å². The van der Waals surface area contributed by atoms with Crippen molar-refractivity contribution in [2.24, 2.45) is 0 Å². The Balaban J connectivity index is 1.76. The Bertz CT molecular complexity index is 606. The fourth-order valence-electron chi connectivity index (χ4n) is 1.71. The van der Waals surface area contributed by atoms with Gasteiger partial charge in [-0.25, -0.2) is 9.42 Å². The van der Waals surface area contributed by atoms with Crippen molar-refractivity contribution in [3.8, 4) is 5.75 Å². The van der Waals surface area contributed by atoms with Crippen molar-refractivity contribution in [3.05, 3.63) is 40.7 Å². The maximum Gasteiger partial charge on any atom is 0.339 e. The van der Waals surface area contributed by atoms with Gasteiger partial charge in [0.1, 0.15) is 30.4 Å². The van der Waals surface area contributed by atoms with Gasteiger partial charge in [0.15, 0.2) is 0 Å². The van der Waals surface area contributed by atoms with Gasteiger partial charge in [-0.2, -0.15) is 0 Å². The molecule has 1 aromatic heterocycles. The number of carbonyl (C=O) groups is 1. The van der Waals surface area contributed by atoms with Gasteiger partial charge >= 0.3 is 5.97 Å². The number of esters is 1. The topological polar surface area (TPSA) is 74.5 Å². The quantitative estimate of drug-likeness (QED) is 0.766. The third-order valence-electron chi connectivity index (χ3n) is 2.78. The standard InChI is InChI=1S/C12H10N2O4/c1-7-11(14-18-13-7)6-16-9-3-2-8-5-17-12(15)10(8)4-9/h2-4H,5-6H2,1H3. The molecule has 0 aliphatic carbocycles. The summed E-state index contributed by atoms with van der Waals surface area (Å²) in [4.78, 5) is 11.4. The molecule has 0 bridgehead atoms. The Morgan fingerprint density at radius 2 is 2.28 bits per heavy atom. The van der Waals surface area contributed by atoms with Crippen LogP contribution in [-0.2, 0) is 18.0 Å². The maximum atomic E-state index is 11.4. The summed E-state index contributed by atoms with van der Waals surface area (Å²) < 4.78 is 15.0. The van der Waals surface area contributed by atoms with Crippen molar-refractivity contribution in [2.75, 3.05) is 0 Å². The first-order valence-electron chi connectivity index (χ1n) is 5.45. The van der Waals surface area contributed by atoms with Gasteiger partial charge in [-0.3, -0.25) is 0 Å². The van der Waals surface area contributed by atoms with E-state index in [1.807, 2.05) is 6.07 Å². The Kier molecular flexibility index (Phi) is 2.47. The van der Waals surface area contributed by atoms with E-state index < -0.39 is 0 Å². The average molecular weight is 246 g/mol. The van der Waals surface area contributed by atoms with Crippen LogP contribution in [0.3, 0.4) is 0 Å². The molecule has 0 N–H and O–H groups in total. The first-order chi connectivity index (χ1) is 8.74. The van der Waals surface area contributed by atoms with Gasteiger partial charge < -0.3 is 9.47 Å². The highest BCUT2D eigenvalue weighted by atomic mass is 16.6. The molecule has 1 aliphatic heterocycles. The molecule has 2 heterocycles. The van der Waals surface area contributed by atoms with E-state index in [-0.39, 0.29) is 12.6 Å². The van der Waals surface area contributed by atoms with Gasteiger partial charge in [-0.15, -0.1) is 0 Å². The Hall–Kier alpha value is -2.37. The number of rotatable bonds is 3. The summed E-state index contributed by atoms with van der Waals surface area (Å²) in [6, 6.07) is 5.29. The van der Waals surface area contributed by atoms with E-state index in [2.05, 4.69) is 14.9 Å². The van der Waals surface area contributed by atoms with Crippen molar-refractivity contribution < 1.29 is 18.9 Å². The van der Waals surface area contributed by atoms with Gasteiger partial charge in [0.05, 0.1) is 5.56 Å². The zero-order chi connectivity index (χ0) is 12.5. The van der Waals surface area contributed by atoms with E-state index in [1.54, 1.807) is 19.1 Å². The number of carbonyl (C=O) groups excluding carboxylic acids is 1. The Labute approximate surface area is 102 Å². The van der Waals surface area contributed by atoms with Crippen molar-refractivity contribution in [1.29, 1.82) is 0 Å². The zero-order valence-corrected chi connectivity index (χ0v) is 9.67. The summed E-state index contributed by atoms with van der Waals surface area (Å²) in [6.45, 7) is 2.37. The molecule has 0 saturated heterocycles. The first-order valence-corrected chi connectivity index (χ1v) is 5.45. The average Bonchev–Trinajstić information content (AvgIpc) is 2.94. The molecule has 0 fully saturated rings. The number of aryl methyl sites for hydroxylation is 1. The minimum atomic E-state index is -0.310. The van der Waals surface area contributed by atoms with E-state index in [0.29, 0.717) is 29.3 Å². The third-order valence-corrected chi connectivity index (χ3v) is 2.78. The highest BCUT2D eigenvalue weighted by Crippen LogP contribution is 2.25. The molecule has 0 spiro atoms. The normalized spacial score (nSPS) is 13.3. The molecule has 18 heavy (non-hydrogen) atoms. The number of cyclic esters (lactones) is 1. The zero-order valence-electron chi connectivity index (χ0n) is 9.67. The van der Waals surface area contributed by atoms with E-state index in [9.17, 15) is 4.79 Å². The van der Waals surface area contributed by atoms with Crippen LogP contribution in [0.25, 0.3) is 0 Å². The summed E-state index contributed by atoms with van der Waals surface area (Å²) in [5.41, 5.74) is 2.77. The second-order valence-corrected chi connectivity index (χ2v) is 3.98. The highest BCUT2D eigenvalue weighted by molar-refractivity contribution is 5.93. The minimum Gasteiger partial charge on any atom is -0.487 e. The molecule has 0 amide bonds. The molecule has 92 valence electrons. The Morgan fingerprint density at radius 3 is 3.06 bits per heavy atom. The molecule has 0 atom stereocenters. The predicted octanol–water partition coefficient (Wildman–Crippen LogP) is 1.63. The smallest absolute Gasteiger partial charge is 0.339 e. The van der Waals surface area contributed by atoms with Crippen LogP contribution in [-0.4, -0.2) is 16.3 Å². The summed E-state index contributed by atoms with van der Waals surface area (Å²) in [5, 5.41) is 7.37. The van der Waals surface area contributed by atoms with Gasteiger partial charge in [0, 0.05) is 5.56 Å². The van der Waals surface area contributed by atoms with Crippen LogP contribution >= 0.6 is 0 Å². The van der Waals surface area contributed by atoms with Gasteiger partial charge in [0.2, 0.25) is 0 Å². The number of benzene rings is 1. The number of ether oxygens (including phenoxy) is 2. The fraction of sp³-hybridized carbons (Fsp3) is 0.250. The second kappa shape index (κ2) is 4.14. The number of aromatic nitrogens is 2. The molecule has 1 aromatic carbocycles. The van der Waals surface area contributed by atoms with Crippen molar-refractivity contribution in [1.82, 2.24) is 10.3 Å². The predicted molar refractivity (Wildman–Crippen MR) is 58.9 cm³/mol. The number of hydrogen-bond donors (Lipinski definition) is 0. The molecule has 6 heteroatoms. The van der Waals surface area contributed by atoms with Gasteiger partial charge in [0.25, 0.3) is 0 Å². The van der Waals surface area contributed by atoms with Gasteiger partial charge in [-0.05, 0) is 19.1 Å². The lowest BCUT2D eigenvalue weighted by molar-refractivity contribution is 0.0535. The van der Waals surface area contributed by atoms with Crippen LogP contribution in [0.2, 0.25) is 0 Å². The maximum absolute atomic E-state index is 11.4. The van der Waals surface area contributed by atoms with Crippen LogP contribution in [0.1, 0.15) is 27.3 Å². The van der Waals surface area contributed by atoms with E-state index in [1.165, 1.54) is 0 Å². The molecule has 2 aromatic rings. The molecule has 0 radical (unpaired) electrons. The van der Waals surface area contributed by atoms with Crippen LogP contribution in [0.4, 0.5) is 0 Å². The van der Waals surface area contributed by atoms with Crippen molar-refractivity contribution >= 4 is 5.97 Å². The summed E-state index contributed by atoms with van der Waals surface area (Å²) in [7, 11) is 0. The van der Waals surface area contributed by atoms with Crippen LogP contribution in [0, 0.1) is 6.92 Å². The summed E-state index contributed by atoms with van der Waals surface area (Å²) >= 11 is 0. The molecule has 0 unspecified atom stereocenters.